The van der Waals surface area contributed by atoms with Crippen molar-refractivity contribution in [3.8, 4) is 0 Å². The first-order valence-corrected chi connectivity index (χ1v) is 7.00. The summed E-state index contributed by atoms with van der Waals surface area (Å²) >= 11 is 3.09. The molecule has 2 rings (SSSR count). The van der Waals surface area contributed by atoms with Crippen LogP contribution < -0.4 is 10.6 Å². The summed E-state index contributed by atoms with van der Waals surface area (Å²) in [6.45, 7) is 1.68. The standard InChI is InChI=1S/C15H13BrF2N2O/c1-9-6-12(18)10(16)7-14(9)19-8-15(21)20-13-5-3-2-4-11(13)17/h2-7,19H,8H2,1H3,(H,20,21). The highest BCUT2D eigenvalue weighted by Gasteiger charge is 2.08. The van der Waals surface area contributed by atoms with Crippen LogP contribution in [-0.4, -0.2) is 12.5 Å². The molecule has 2 N–H and O–H groups in total. The van der Waals surface area contributed by atoms with Crippen molar-refractivity contribution in [2.45, 2.75) is 6.92 Å². The van der Waals surface area contributed by atoms with E-state index in [2.05, 4.69) is 26.6 Å². The van der Waals surface area contributed by atoms with Gasteiger partial charge in [-0.05, 0) is 52.7 Å². The van der Waals surface area contributed by atoms with E-state index < -0.39 is 5.82 Å². The van der Waals surface area contributed by atoms with Crippen LogP contribution in [0.25, 0.3) is 0 Å². The van der Waals surface area contributed by atoms with Gasteiger partial charge in [-0.3, -0.25) is 4.79 Å². The molecule has 2 aromatic carbocycles. The predicted molar refractivity (Wildman–Crippen MR) is 82.4 cm³/mol. The van der Waals surface area contributed by atoms with E-state index in [4.69, 9.17) is 0 Å². The lowest BCUT2D eigenvalue weighted by Crippen LogP contribution is -2.22. The SMILES string of the molecule is Cc1cc(F)c(Br)cc1NCC(=O)Nc1ccccc1F. The van der Waals surface area contributed by atoms with Gasteiger partial charge in [0.1, 0.15) is 11.6 Å². The summed E-state index contributed by atoms with van der Waals surface area (Å²) in [6, 6.07) is 8.84. The minimum atomic E-state index is -0.494. The summed E-state index contributed by atoms with van der Waals surface area (Å²) in [5.41, 5.74) is 1.43. The molecule has 0 aliphatic rings. The van der Waals surface area contributed by atoms with Crippen molar-refractivity contribution in [1.82, 2.24) is 0 Å². The van der Waals surface area contributed by atoms with Crippen molar-refractivity contribution in [2.75, 3.05) is 17.2 Å². The largest absolute Gasteiger partial charge is 0.376 e. The number of aryl methyl sites for hydroxylation is 1. The molecule has 0 saturated heterocycles. The van der Waals surface area contributed by atoms with Crippen molar-refractivity contribution in [3.63, 3.8) is 0 Å². The van der Waals surface area contributed by atoms with Crippen LogP contribution in [0.2, 0.25) is 0 Å². The Labute approximate surface area is 129 Å². The smallest absolute Gasteiger partial charge is 0.243 e. The van der Waals surface area contributed by atoms with Crippen molar-refractivity contribution in [3.05, 3.63) is 58.1 Å². The van der Waals surface area contributed by atoms with Gasteiger partial charge in [-0.25, -0.2) is 8.78 Å². The number of halogens is 3. The highest BCUT2D eigenvalue weighted by molar-refractivity contribution is 9.10. The van der Waals surface area contributed by atoms with Crippen LogP contribution in [0.4, 0.5) is 20.2 Å². The van der Waals surface area contributed by atoms with Crippen molar-refractivity contribution < 1.29 is 13.6 Å². The maximum absolute atomic E-state index is 13.4. The number of carbonyl (C=O) groups excluding carboxylic acids is 1. The van der Waals surface area contributed by atoms with Gasteiger partial charge in [-0.2, -0.15) is 0 Å². The van der Waals surface area contributed by atoms with E-state index in [9.17, 15) is 13.6 Å². The summed E-state index contributed by atoms with van der Waals surface area (Å²) < 4.78 is 27.0. The molecule has 0 spiro atoms. The summed E-state index contributed by atoms with van der Waals surface area (Å²) in [6.07, 6.45) is 0. The molecular weight excluding hydrogens is 342 g/mol. The number of rotatable bonds is 4. The minimum Gasteiger partial charge on any atom is -0.376 e. The zero-order chi connectivity index (χ0) is 15.4. The van der Waals surface area contributed by atoms with Crippen molar-refractivity contribution >= 4 is 33.2 Å². The van der Waals surface area contributed by atoms with E-state index in [1.165, 1.54) is 18.2 Å². The molecule has 0 aliphatic carbocycles. The summed E-state index contributed by atoms with van der Waals surface area (Å²) in [4.78, 5) is 11.8. The fourth-order valence-corrected chi connectivity index (χ4v) is 2.11. The average molecular weight is 355 g/mol. The lowest BCUT2D eigenvalue weighted by Gasteiger charge is -2.11. The Bertz CT molecular complexity index is 677. The zero-order valence-electron chi connectivity index (χ0n) is 11.2. The van der Waals surface area contributed by atoms with Gasteiger partial charge < -0.3 is 10.6 Å². The predicted octanol–water partition coefficient (Wildman–Crippen LogP) is 4.09. The normalized spacial score (nSPS) is 10.3. The van der Waals surface area contributed by atoms with Crippen LogP contribution in [0.3, 0.4) is 0 Å². The molecule has 21 heavy (non-hydrogen) atoms. The highest BCUT2D eigenvalue weighted by Crippen LogP contribution is 2.24. The second kappa shape index (κ2) is 6.67. The number of hydrogen-bond donors (Lipinski definition) is 2. The Morgan fingerprint density at radius 1 is 1.14 bits per heavy atom. The molecule has 0 aliphatic heterocycles. The zero-order valence-corrected chi connectivity index (χ0v) is 12.8. The van der Waals surface area contributed by atoms with Crippen LogP contribution in [0.1, 0.15) is 5.56 Å². The number of benzene rings is 2. The van der Waals surface area contributed by atoms with Crippen LogP contribution >= 0.6 is 15.9 Å². The van der Waals surface area contributed by atoms with Crippen LogP contribution in [0.15, 0.2) is 40.9 Å². The molecule has 0 heterocycles. The number of para-hydroxylation sites is 1. The van der Waals surface area contributed by atoms with E-state index >= 15 is 0 Å². The Morgan fingerprint density at radius 2 is 1.86 bits per heavy atom. The van der Waals surface area contributed by atoms with Gasteiger partial charge in [0.05, 0.1) is 16.7 Å². The van der Waals surface area contributed by atoms with Gasteiger partial charge in [0.15, 0.2) is 0 Å². The number of nitrogens with one attached hydrogen (secondary N) is 2. The molecule has 3 nitrogen and oxygen atoms in total. The van der Waals surface area contributed by atoms with Gasteiger partial charge in [-0.15, -0.1) is 0 Å². The molecule has 0 radical (unpaired) electrons. The van der Waals surface area contributed by atoms with Crippen LogP contribution in [-0.2, 0) is 4.79 Å². The first-order valence-electron chi connectivity index (χ1n) is 6.21. The van der Waals surface area contributed by atoms with E-state index in [0.717, 1.165) is 0 Å². The average Bonchev–Trinajstić information content (AvgIpc) is 2.44. The third-order valence-corrected chi connectivity index (χ3v) is 3.46. The second-order valence-electron chi connectivity index (χ2n) is 4.46. The highest BCUT2D eigenvalue weighted by atomic mass is 79.9. The maximum Gasteiger partial charge on any atom is 0.243 e. The Hall–Kier alpha value is -1.95. The molecule has 0 unspecified atom stereocenters. The van der Waals surface area contributed by atoms with Crippen molar-refractivity contribution in [2.24, 2.45) is 0 Å². The van der Waals surface area contributed by atoms with Gasteiger partial charge in [0, 0.05) is 5.69 Å². The van der Waals surface area contributed by atoms with E-state index in [1.54, 1.807) is 25.1 Å². The molecular formula is C15H13BrF2N2O. The summed E-state index contributed by atoms with van der Waals surface area (Å²) in [7, 11) is 0. The number of amides is 1. The molecule has 0 bridgehead atoms. The number of hydrogen-bond acceptors (Lipinski definition) is 2. The maximum atomic E-state index is 13.4. The molecule has 0 atom stereocenters. The summed E-state index contributed by atoms with van der Waals surface area (Å²) in [5.74, 6) is -1.25. The van der Waals surface area contributed by atoms with Crippen molar-refractivity contribution in [1.29, 1.82) is 0 Å². The van der Waals surface area contributed by atoms with Gasteiger partial charge >= 0.3 is 0 Å². The number of anilines is 2. The Morgan fingerprint density at radius 3 is 2.57 bits per heavy atom. The van der Waals surface area contributed by atoms with E-state index in [-0.39, 0.29) is 24.0 Å². The third kappa shape index (κ3) is 4.01. The fourth-order valence-electron chi connectivity index (χ4n) is 1.77. The molecule has 1 amide bonds. The van der Waals surface area contributed by atoms with E-state index in [0.29, 0.717) is 15.7 Å². The monoisotopic (exact) mass is 354 g/mol. The fraction of sp³-hybridized carbons (Fsp3) is 0.133. The lowest BCUT2D eigenvalue weighted by atomic mass is 10.2. The summed E-state index contributed by atoms with van der Waals surface area (Å²) in [5, 5.41) is 5.35. The molecule has 0 saturated carbocycles. The first-order chi connectivity index (χ1) is 9.97. The quantitative estimate of drug-likeness (QED) is 0.868. The minimum absolute atomic E-state index is 0.0484. The first kappa shape index (κ1) is 15.4. The molecule has 0 fully saturated rings. The number of carbonyl (C=O) groups is 1. The Kier molecular flexibility index (Phi) is 4.90. The topological polar surface area (TPSA) is 41.1 Å². The molecule has 2 aromatic rings. The van der Waals surface area contributed by atoms with Gasteiger partial charge in [0.2, 0.25) is 5.91 Å². The van der Waals surface area contributed by atoms with Crippen LogP contribution in [0.5, 0.6) is 0 Å². The second-order valence-corrected chi connectivity index (χ2v) is 5.32. The van der Waals surface area contributed by atoms with Crippen LogP contribution in [0, 0.1) is 18.6 Å². The van der Waals surface area contributed by atoms with Gasteiger partial charge in [-0.1, -0.05) is 12.1 Å². The third-order valence-electron chi connectivity index (χ3n) is 2.85. The lowest BCUT2D eigenvalue weighted by molar-refractivity contribution is -0.114. The molecule has 6 heteroatoms. The van der Waals surface area contributed by atoms with Gasteiger partial charge in [0.25, 0.3) is 0 Å². The molecule has 0 aromatic heterocycles. The Balaban J connectivity index is 1.99. The van der Waals surface area contributed by atoms with E-state index in [1.807, 2.05) is 0 Å². The molecule has 110 valence electrons.